The SMILES string of the molecule is CC(=O)NC(C(=O)NC1CCCCC1O)C1CCCC1. The van der Waals surface area contributed by atoms with E-state index < -0.39 is 12.1 Å². The summed E-state index contributed by atoms with van der Waals surface area (Å²) in [4.78, 5) is 23.8. The summed E-state index contributed by atoms with van der Waals surface area (Å²) in [7, 11) is 0. The first-order chi connectivity index (χ1) is 9.58. The minimum Gasteiger partial charge on any atom is -0.391 e. The molecule has 2 aliphatic rings. The molecule has 0 radical (unpaired) electrons. The van der Waals surface area contributed by atoms with E-state index in [2.05, 4.69) is 10.6 Å². The molecule has 3 unspecified atom stereocenters. The van der Waals surface area contributed by atoms with Crippen molar-refractivity contribution in [2.45, 2.75) is 76.5 Å². The fourth-order valence-electron chi connectivity index (χ4n) is 3.46. The van der Waals surface area contributed by atoms with Crippen molar-refractivity contribution in [3.63, 3.8) is 0 Å². The van der Waals surface area contributed by atoms with Crippen LogP contribution >= 0.6 is 0 Å². The van der Waals surface area contributed by atoms with Gasteiger partial charge in [0.25, 0.3) is 0 Å². The fraction of sp³-hybridized carbons (Fsp3) is 0.867. The summed E-state index contributed by atoms with van der Waals surface area (Å²) in [6.07, 6.45) is 7.41. The third-order valence-electron chi connectivity index (χ3n) is 4.57. The minimum atomic E-state index is -0.450. The smallest absolute Gasteiger partial charge is 0.243 e. The second kappa shape index (κ2) is 7.07. The Hall–Kier alpha value is -1.10. The summed E-state index contributed by atoms with van der Waals surface area (Å²) in [5.41, 5.74) is 0. The molecule has 0 spiro atoms. The normalized spacial score (nSPS) is 28.9. The first-order valence-electron chi connectivity index (χ1n) is 7.83. The van der Waals surface area contributed by atoms with E-state index in [1.807, 2.05) is 0 Å². The molecule has 114 valence electrons. The number of amides is 2. The Morgan fingerprint density at radius 2 is 1.65 bits per heavy atom. The van der Waals surface area contributed by atoms with Crippen molar-refractivity contribution >= 4 is 11.8 Å². The monoisotopic (exact) mass is 282 g/mol. The molecule has 20 heavy (non-hydrogen) atoms. The highest BCUT2D eigenvalue weighted by atomic mass is 16.3. The van der Waals surface area contributed by atoms with E-state index in [0.29, 0.717) is 0 Å². The summed E-state index contributed by atoms with van der Waals surface area (Å²) < 4.78 is 0. The van der Waals surface area contributed by atoms with Crippen LogP contribution in [0.25, 0.3) is 0 Å². The molecule has 3 N–H and O–H groups in total. The highest BCUT2D eigenvalue weighted by Crippen LogP contribution is 2.28. The average Bonchev–Trinajstić information content (AvgIpc) is 2.92. The van der Waals surface area contributed by atoms with Gasteiger partial charge in [0.05, 0.1) is 12.1 Å². The maximum Gasteiger partial charge on any atom is 0.243 e. The lowest BCUT2D eigenvalue weighted by Crippen LogP contribution is -2.55. The molecule has 0 saturated heterocycles. The van der Waals surface area contributed by atoms with Crippen molar-refractivity contribution in [1.82, 2.24) is 10.6 Å². The van der Waals surface area contributed by atoms with Gasteiger partial charge in [-0.2, -0.15) is 0 Å². The summed E-state index contributed by atoms with van der Waals surface area (Å²) in [5.74, 6) is -0.0565. The highest BCUT2D eigenvalue weighted by Gasteiger charge is 2.33. The quantitative estimate of drug-likeness (QED) is 0.722. The van der Waals surface area contributed by atoms with Crippen molar-refractivity contribution < 1.29 is 14.7 Å². The van der Waals surface area contributed by atoms with E-state index >= 15 is 0 Å². The minimum absolute atomic E-state index is 0.127. The van der Waals surface area contributed by atoms with Gasteiger partial charge >= 0.3 is 0 Å². The van der Waals surface area contributed by atoms with E-state index in [-0.39, 0.29) is 23.8 Å². The molecule has 0 aromatic rings. The topological polar surface area (TPSA) is 78.4 Å². The van der Waals surface area contributed by atoms with Crippen molar-refractivity contribution in [2.75, 3.05) is 0 Å². The lowest BCUT2D eigenvalue weighted by Gasteiger charge is -2.31. The van der Waals surface area contributed by atoms with Gasteiger partial charge in [-0.05, 0) is 31.6 Å². The third-order valence-corrected chi connectivity index (χ3v) is 4.57. The summed E-state index contributed by atoms with van der Waals surface area (Å²) >= 11 is 0. The van der Waals surface area contributed by atoms with E-state index in [1.54, 1.807) is 0 Å². The number of aliphatic hydroxyl groups excluding tert-OH is 1. The third kappa shape index (κ3) is 3.95. The Morgan fingerprint density at radius 1 is 1.05 bits per heavy atom. The number of nitrogens with one attached hydrogen (secondary N) is 2. The molecule has 3 atom stereocenters. The van der Waals surface area contributed by atoms with Gasteiger partial charge in [0.15, 0.2) is 0 Å². The van der Waals surface area contributed by atoms with Crippen LogP contribution in [0.15, 0.2) is 0 Å². The molecular weight excluding hydrogens is 256 g/mol. The van der Waals surface area contributed by atoms with Gasteiger partial charge in [0, 0.05) is 6.92 Å². The Morgan fingerprint density at radius 3 is 2.25 bits per heavy atom. The van der Waals surface area contributed by atoms with Crippen LogP contribution in [0, 0.1) is 5.92 Å². The van der Waals surface area contributed by atoms with Crippen LogP contribution in [0.2, 0.25) is 0 Å². The number of hydrogen-bond donors (Lipinski definition) is 3. The van der Waals surface area contributed by atoms with Crippen LogP contribution in [0.4, 0.5) is 0 Å². The maximum absolute atomic E-state index is 12.4. The van der Waals surface area contributed by atoms with Gasteiger partial charge in [-0.3, -0.25) is 9.59 Å². The van der Waals surface area contributed by atoms with Crippen LogP contribution in [0.3, 0.4) is 0 Å². The lowest BCUT2D eigenvalue weighted by molar-refractivity contribution is -0.130. The molecule has 2 amide bonds. The molecule has 5 nitrogen and oxygen atoms in total. The lowest BCUT2D eigenvalue weighted by atomic mass is 9.91. The van der Waals surface area contributed by atoms with Crippen molar-refractivity contribution in [3.05, 3.63) is 0 Å². The van der Waals surface area contributed by atoms with E-state index in [1.165, 1.54) is 6.92 Å². The predicted molar refractivity (Wildman–Crippen MR) is 76.0 cm³/mol. The van der Waals surface area contributed by atoms with Crippen LogP contribution < -0.4 is 10.6 Å². The molecule has 2 fully saturated rings. The first kappa shape index (κ1) is 15.3. The maximum atomic E-state index is 12.4. The molecule has 5 heteroatoms. The molecular formula is C15H26N2O3. The summed E-state index contributed by atoms with van der Waals surface area (Å²) in [6.45, 7) is 1.45. The molecule has 0 aliphatic heterocycles. The summed E-state index contributed by atoms with van der Waals surface area (Å²) in [6, 6.07) is -0.599. The number of carbonyl (C=O) groups excluding carboxylic acids is 2. The highest BCUT2D eigenvalue weighted by molar-refractivity contribution is 5.87. The van der Waals surface area contributed by atoms with E-state index in [0.717, 1.165) is 51.4 Å². The van der Waals surface area contributed by atoms with E-state index in [9.17, 15) is 14.7 Å². The molecule has 0 aromatic heterocycles. The average molecular weight is 282 g/mol. The van der Waals surface area contributed by atoms with Crippen LogP contribution in [-0.2, 0) is 9.59 Å². The molecule has 0 aromatic carbocycles. The zero-order valence-corrected chi connectivity index (χ0v) is 12.2. The molecule has 0 bridgehead atoms. The molecule has 2 rings (SSSR count). The van der Waals surface area contributed by atoms with Crippen LogP contribution in [-0.4, -0.2) is 35.1 Å². The molecule has 2 saturated carbocycles. The van der Waals surface area contributed by atoms with Gasteiger partial charge in [-0.15, -0.1) is 0 Å². The van der Waals surface area contributed by atoms with Gasteiger partial charge in [-0.1, -0.05) is 25.7 Å². The molecule has 0 heterocycles. The first-order valence-corrected chi connectivity index (χ1v) is 7.83. The van der Waals surface area contributed by atoms with Crippen LogP contribution in [0.1, 0.15) is 58.3 Å². The fourth-order valence-corrected chi connectivity index (χ4v) is 3.46. The largest absolute Gasteiger partial charge is 0.391 e. The summed E-state index contributed by atoms with van der Waals surface area (Å²) in [5, 5.41) is 15.7. The van der Waals surface area contributed by atoms with Gasteiger partial charge in [-0.25, -0.2) is 0 Å². The second-order valence-corrected chi connectivity index (χ2v) is 6.19. The number of aliphatic hydroxyl groups is 1. The Kier molecular flexibility index (Phi) is 5.40. The number of carbonyl (C=O) groups is 2. The number of hydrogen-bond acceptors (Lipinski definition) is 3. The van der Waals surface area contributed by atoms with E-state index in [4.69, 9.17) is 0 Å². The zero-order valence-electron chi connectivity index (χ0n) is 12.2. The Labute approximate surface area is 120 Å². The van der Waals surface area contributed by atoms with Gasteiger partial charge in [0.2, 0.25) is 11.8 Å². The second-order valence-electron chi connectivity index (χ2n) is 6.19. The van der Waals surface area contributed by atoms with Crippen molar-refractivity contribution in [2.24, 2.45) is 5.92 Å². The number of rotatable bonds is 4. The van der Waals surface area contributed by atoms with Crippen molar-refractivity contribution in [3.8, 4) is 0 Å². The van der Waals surface area contributed by atoms with Crippen molar-refractivity contribution in [1.29, 1.82) is 0 Å². The Bertz CT molecular complexity index is 353. The standard InChI is InChI=1S/C15H26N2O3/c1-10(18)16-14(11-6-2-3-7-11)15(20)17-12-8-4-5-9-13(12)19/h11-14,19H,2-9H2,1H3,(H,16,18)(H,17,20). The van der Waals surface area contributed by atoms with Gasteiger partial charge in [0.1, 0.15) is 6.04 Å². The molecule has 2 aliphatic carbocycles. The Balaban J connectivity index is 1.96. The zero-order chi connectivity index (χ0) is 14.5. The van der Waals surface area contributed by atoms with Crippen LogP contribution in [0.5, 0.6) is 0 Å². The van der Waals surface area contributed by atoms with Gasteiger partial charge < -0.3 is 15.7 Å². The predicted octanol–water partition coefficient (Wildman–Crippen LogP) is 1.10.